The van der Waals surface area contributed by atoms with E-state index in [-0.39, 0.29) is 18.4 Å². The SMILES string of the molecule is CC(NC(=O)Cc1ccccc1N)c1ccc(C#N)cc1. The molecule has 106 valence electrons. The molecule has 0 heterocycles. The third-order valence-corrected chi connectivity index (χ3v) is 3.32. The van der Waals surface area contributed by atoms with Gasteiger partial charge < -0.3 is 11.1 Å². The molecule has 0 saturated carbocycles. The van der Waals surface area contributed by atoms with Crippen LogP contribution >= 0.6 is 0 Å². The molecule has 0 aliphatic heterocycles. The van der Waals surface area contributed by atoms with Gasteiger partial charge in [-0.3, -0.25) is 4.79 Å². The van der Waals surface area contributed by atoms with Gasteiger partial charge >= 0.3 is 0 Å². The number of hydrogen-bond donors (Lipinski definition) is 2. The van der Waals surface area contributed by atoms with Crippen molar-refractivity contribution in [1.29, 1.82) is 5.26 Å². The minimum atomic E-state index is -0.116. The first kappa shape index (κ1) is 14.6. The van der Waals surface area contributed by atoms with Gasteiger partial charge in [-0.25, -0.2) is 0 Å². The first-order valence-corrected chi connectivity index (χ1v) is 6.73. The van der Waals surface area contributed by atoms with Crippen molar-refractivity contribution in [3.8, 4) is 6.07 Å². The highest BCUT2D eigenvalue weighted by molar-refractivity contribution is 5.80. The number of nitrogen functional groups attached to an aromatic ring is 1. The summed E-state index contributed by atoms with van der Waals surface area (Å²) >= 11 is 0. The Balaban J connectivity index is 1.99. The van der Waals surface area contributed by atoms with Crippen LogP contribution in [0.2, 0.25) is 0 Å². The van der Waals surface area contributed by atoms with Crippen molar-refractivity contribution < 1.29 is 4.79 Å². The number of carbonyl (C=O) groups excluding carboxylic acids is 1. The van der Waals surface area contributed by atoms with Gasteiger partial charge in [0.25, 0.3) is 0 Å². The Morgan fingerprint density at radius 2 is 1.90 bits per heavy atom. The van der Waals surface area contributed by atoms with Crippen molar-refractivity contribution in [2.45, 2.75) is 19.4 Å². The number of anilines is 1. The molecule has 0 aromatic heterocycles. The fourth-order valence-corrected chi connectivity index (χ4v) is 2.09. The number of nitrogens with one attached hydrogen (secondary N) is 1. The molecule has 2 rings (SSSR count). The summed E-state index contributed by atoms with van der Waals surface area (Å²) in [6.07, 6.45) is 0.257. The van der Waals surface area contributed by atoms with Crippen LogP contribution in [0, 0.1) is 11.3 Å². The van der Waals surface area contributed by atoms with Crippen LogP contribution < -0.4 is 11.1 Å². The molecular weight excluding hydrogens is 262 g/mol. The molecule has 1 unspecified atom stereocenters. The molecule has 21 heavy (non-hydrogen) atoms. The van der Waals surface area contributed by atoms with Crippen LogP contribution in [0.1, 0.15) is 29.7 Å². The minimum Gasteiger partial charge on any atom is -0.398 e. The van der Waals surface area contributed by atoms with Crippen LogP contribution in [0.5, 0.6) is 0 Å². The van der Waals surface area contributed by atoms with Crippen molar-refractivity contribution in [2.75, 3.05) is 5.73 Å². The largest absolute Gasteiger partial charge is 0.398 e. The van der Waals surface area contributed by atoms with Crippen LogP contribution in [0.15, 0.2) is 48.5 Å². The molecule has 4 heteroatoms. The number of nitrogens with zero attached hydrogens (tertiary/aromatic N) is 1. The van der Waals surface area contributed by atoms with E-state index in [0.29, 0.717) is 11.3 Å². The van der Waals surface area contributed by atoms with Crippen LogP contribution in [0.3, 0.4) is 0 Å². The number of nitrogens with two attached hydrogens (primary N) is 1. The van der Waals surface area contributed by atoms with Crippen molar-refractivity contribution in [3.05, 3.63) is 65.2 Å². The van der Waals surface area contributed by atoms with E-state index >= 15 is 0 Å². The van der Waals surface area contributed by atoms with Crippen LogP contribution in [-0.2, 0) is 11.2 Å². The molecule has 2 aromatic rings. The quantitative estimate of drug-likeness (QED) is 0.844. The molecule has 3 N–H and O–H groups in total. The van der Waals surface area contributed by atoms with Crippen LogP contribution in [0.4, 0.5) is 5.69 Å². The van der Waals surface area contributed by atoms with E-state index < -0.39 is 0 Å². The van der Waals surface area contributed by atoms with Crippen molar-refractivity contribution in [1.82, 2.24) is 5.32 Å². The second-order valence-corrected chi connectivity index (χ2v) is 4.90. The first-order chi connectivity index (χ1) is 10.1. The lowest BCUT2D eigenvalue weighted by molar-refractivity contribution is -0.121. The van der Waals surface area contributed by atoms with Gasteiger partial charge in [-0.1, -0.05) is 30.3 Å². The van der Waals surface area contributed by atoms with Crippen molar-refractivity contribution >= 4 is 11.6 Å². The molecule has 0 aliphatic carbocycles. The summed E-state index contributed by atoms with van der Waals surface area (Å²) in [4.78, 5) is 12.1. The topological polar surface area (TPSA) is 78.9 Å². The Kier molecular flexibility index (Phi) is 4.57. The summed E-state index contributed by atoms with van der Waals surface area (Å²) in [7, 11) is 0. The number of benzene rings is 2. The Hall–Kier alpha value is -2.80. The van der Waals surface area contributed by atoms with E-state index in [2.05, 4.69) is 11.4 Å². The predicted octanol–water partition coefficient (Wildman–Crippen LogP) is 2.56. The number of amides is 1. The highest BCUT2D eigenvalue weighted by Gasteiger charge is 2.11. The van der Waals surface area contributed by atoms with Crippen molar-refractivity contribution in [3.63, 3.8) is 0 Å². The Labute approximate surface area is 124 Å². The Bertz CT molecular complexity index is 671. The zero-order valence-corrected chi connectivity index (χ0v) is 11.8. The molecule has 0 saturated heterocycles. The van der Waals surface area contributed by atoms with E-state index in [1.54, 1.807) is 18.2 Å². The first-order valence-electron chi connectivity index (χ1n) is 6.73. The third-order valence-electron chi connectivity index (χ3n) is 3.32. The average molecular weight is 279 g/mol. The number of hydrogen-bond acceptors (Lipinski definition) is 3. The molecule has 1 atom stereocenters. The highest BCUT2D eigenvalue weighted by Crippen LogP contribution is 2.15. The van der Waals surface area contributed by atoms with E-state index in [0.717, 1.165) is 11.1 Å². The van der Waals surface area contributed by atoms with Gasteiger partial charge in [-0.15, -0.1) is 0 Å². The van der Waals surface area contributed by atoms with Crippen LogP contribution in [0.25, 0.3) is 0 Å². The van der Waals surface area contributed by atoms with E-state index in [9.17, 15) is 4.79 Å². The molecular formula is C17H17N3O. The maximum Gasteiger partial charge on any atom is 0.224 e. The summed E-state index contributed by atoms with van der Waals surface area (Å²) in [6, 6.07) is 16.5. The number of rotatable bonds is 4. The van der Waals surface area contributed by atoms with Crippen LogP contribution in [-0.4, -0.2) is 5.91 Å². The molecule has 0 spiro atoms. The monoisotopic (exact) mass is 279 g/mol. The maximum atomic E-state index is 12.1. The zero-order chi connectivity index (χ0) is 15.2. The van der Waals surface area contributed by atoms with Crippen molar-refractivity contribution in [2.24, 2.45) is 0 Å². The molecule has 0 radical (unpaired) electrons. The number of carbonyl (C=O) groups is 1. The zero-order valence-electron chi connectivity index (χ0n) is 11.8. The van der Waals surface area contributed by atoms with Gasteiger partial charge in [-0.2, -0.15) is 5.26 Å². The lowest BCUT2D eigenvalue weighted by atomic mass is 10.1. The molecule has 0 aliphatic rings. The second kappa shape index (κ2) is 6.58. The summed E-state index contributed by atoms with van der Waals surface area (Å²) in [5, 5.41) is 11.7. The lowest BCUT2D eigenvalue weighted by Gasteiger charge is -2.15. The maximum absolute atomic E-state index is 12.1. The summed E-state index contributed by atoms with van der Waals surface area (Å²) < 4.78 is 0. The third kappa shape index (κ3) is 3.83. The number of para-hydroxylation sites is 1. The Morgan fingerprint density at radius 3 is 2.52 bits per heavy atom. The summed E-state index contributed by atoms with van der Waals surface area (Å²) in [6.45, 7) is 1.91. The van der Waals surface area contributed by atoms with Gasteiger partial charge in [0.1, 0.15) is 0 Å². The van der Waals surface area contributed by atoms with E-state index in [4.69, 9.17) is 11.0 Å². The molecule has 2 aromatic carbocycles. The molecule has 4 nitrogen and oxygen atoms in total. The minimum absolute atomic E-state index is 0.0789. The van der Waals surface area contributed by atoms with Gasteiger partial charge in [-0.05, 0) is 36.2 Å². The average Bonchev–Trinajstić information content (AvgIpc) is 2.49. The fourth-order valence-electron chi connectivity index (χ4n) is 2.09. The van der Waals surface area contributed by atoms with E-state index in [1.807, 2.05) is 37.3 Å². The molecule has 0 bridgehead atoms. The Morgan fingerprint density at radius 1 is 1.24 bits per heavy atom. The molecule has 1 amide bonds. The summed E-state index contributed by atoms with van der Waals surface area (Å²) in [5.74, 6) is -0.0789. The van der Waals surface area contributed by atoms with Gasteiger partial charge in [0, 0.05) is 5.69 Å². The number of nitriles is 1. The van der Waals surface area contributed by atoms with Gasteiger partial charge in [0.2, 0.25) is 5.91 Å². The smallest absolute Gasteiger partial charge is 0.224 e. The second-order valence-electron chi connectivity index (χ2n) is 4.90. The van der Waals surface area contributed by atoms with Gasteiger partial charge in [0.15, 0.2) is 0 Å². The van der Waals surface area contributed by atoms with Gasteiger partial charge in [0.05, 0.1) is 24.1 Å². The fraction of sp³-hybridized carbons (Fsp3) is 0.176. The molecule has 0 fully saturated rings. The predicted molar refractivity (Wildman–Crippen MR) is 82.3 cm³/mol. The van der Waals surface area contributed by atoms with E-state index in [1.165, 1.54) is 0 Å². The standard InChI is InChI=1S/C17H17N3O/c1-12(14-8-6-13(11-18)7-9-14)20-17(21)10-15-4-2-3-5-16(15)19/h2-9,12H,10,19H2,1H3,(H,20,21). The summed E-state index contributed by atoms with van der Waals surface area (Å²) in [5.41, 5.74) is 8.84. The lowest BCUT2D eigenvalue weighted by Crippen LogP contribution is -2.28. The normalized spacial score (nSPS) is 11.4. The highest BCUT2D eigenvalue weighted by atomic mass is 16.1.